The number of carbonyl (C=O) groups excluding carboxylic acids is 1. The lowest BCUT2D eigenvalue weighted by Gasteiger charge is -2.08. The SMILES string of the molecule is Cc1ccc(I)cc1CC(Cl)C(N)=O. The van der Waals surface area contributed by atoms with E-state index in [0.717, 1.165) is 14.7 Å². The van der Waals surface area contributed by atoms with Crippen LogP contribution in [0.2, 0.25) is 0 Å². The van der Waals surface area contributed by atoms with E-state index in [1.807, 2.05) is 25.1 Å². The molecule has 14 heavy (non-hydrogen) atoms. The molecule has 1 aromatic carbocycles. The van der Waals surface area contributed by atoms with Crippen molar-refractivity contribution < 1.29 is 4.79 Å². The number of primary amides is 1. The summed E-state index contributed by atoms with van der Waals surface area (Å²) in [5, 5.41) is -0.619. The van der Waals surface area contributed by atoms with Gasteiger partial charge in [-0.3, -0.25) is 4.79 Å². The van der Waals surface area contributed by atoms with Gasteiger partial charge in [0.2, 0.25) is 5.91 Å². The Morgan fingerprint density at radius 1 is 1.64 bits per heavy atom. The molecule has 4 heteroatoms. The van der Waals surface area contributed by atoms with Crippen molar-refractivity contribution in [2.24, 2.45) is 5.73 Å². The first-order valence-corrected chi connectivity index (χ1v) is 5.70. The molecule has 0 saturated heterocycles. The molecule has 0 aliphatic rings. The summed E-state index contributed by atoms with van der Waals surface area (Å²) in [4.78, 5) is 10.8. The van der Waals surface area contributed by atoms with Gasteiger partial charge in [-0.25, -0.2) is 0 Å². The Labute approximate surface area is 102 Å². The fourth-order valence-corrected chi connectivity index (χ4v) is 1.88. The number of hydrogen-bond acceptors (Lipinski definition) is 1. The molecule has 0 saturated carbocycles. The van der Waals surface area contributed by atoms with Gasteiger partial charge in [-0.1, -0.05) is 6.07 Å². The van der Waals surface area contributed by atoms with Gasteiger partial charge in [0.25, 0.3) is 0 Å². The summed E-state index contributed by atoms with van der Waals surface area (Å²) in [5.74, 6) is -0.468. The van der Waals surface area contributed by atoms with Crippen LogP contribution in [0.5, 0.6) is 0 Å². The van der Waals surface area contributed by atoms with E-state index in [4.69, 9.17) is 17.3 Å². The van der Waals surface area contributed by atoms with E-state index in [-0.39, 0.29) is 0 Å². The molecule has 1 aromatic rings. The second-order valence-electron chi connectivity index (χ2n) is 3.14. The molecule has 0 aliphatic carbocycles. The Kier molecular flexibility index (Phi) is 4.19. The molecule has 0 spiro atoms. The molecular formula is C10H11ClINO. The lowest BCUT2D eigenvalue weighted by Crippen LogP contribution is -2.25. The first-order chi connectivity index (χ1) is 6.50. The summed E-state index contributed by atoms with van der Waals surface area (Å²) in [6.45, 7) is 2.00. The van der Waals surface area contributed by atoms with E-state index in [2.05, 4.69) is 22.6 Å². The van der Waals surface area contributed by atoms with E-state index in [0.29, 0.717) is 6.42 Å². The summed E-state index contributed by atoms with van der Waals surface area (Å²) in [5.41, 5.74) is 7.31. The summed E-state index contributed by atoms with van der Waals surface area (Å²) in [6, 6.07) is 6.06. The van der Waals surface area contributed by atoms with Gasteiger partial charge in [0.1, 0.15) is 5.38 Å². The molecule has 1 unspecified atom stereocenters. The molecule has 1 amide bonds. The monoisotopic (exact) mass is 323 g/mol. The fraction of sp³-hybridized carbons (Fsp3) is 0.300. The van der Waals surface area contributed by atoms with Crippen molar-refractivity contribution >= 4 is 40.1 Å². The number of aryl methyl sites for hydroxylation is 1. The first kappa shape index (κ1) is 11.8. The molecule has 1 rings (SSSR count). The molecule has 0 aliphatic heterocycles. The Morgan fingerprint density at radius 3 is 2.86 bits per heavy atom. The lowest BCUT2D eigenvalue weighted by atomic mass is 10.0. The van der Waals surface area contributed by atoms with Crippen LogP contribution < -0.4 is 5.73 Å². The van der Waals surface area contributed by atoms with Crippen LogP contribution in [-0.2, 0) is 11.2 Å². The van der Waals surface area contributed by atoms with Crippen molar-refractivity contribution in [3.63, 3.8) is 0 Å². The zero-order chi connectivity index (χ0) is 10.7. The minimum atomic E-state index is -0.619. The minimum Gasteiger partial charge on any atom is -0.368 e. The standard InChI is InChI=1S/C10H11ClINO/c1-6-2-3-8(12)4-7(6)5-9(11)10(13)14/h2-4,9H,5H2,1H3,(H2,13,14). The van der Waals surface area contributed by atoms with Crippen molar-refractivity contribution in [2.75, 3.05) is 0 Å². The number of nitrogens with two attached hydrogens (primary N) is 1. The summed E-state index contributed by atoms with van der Waals surface area (Å²) in [6.07, 6.45) is 0.500. The maximum absolute atomic E-state index is 10.8. The van der Waals surface area contributed by atoms with Gasteiger partial charge < -0.3 is 5.73 Å². The van der Waals surface area contributed by atoms with Crippen molar-refractivity contribution in [3.05, 3.63) is 32.9 Å². The normalized spacial score (nSPS) is 12.5. The van der Waals surface area contributed by atoms with Crippen molar-refractivity contribution in [2.45, 2.75) is 18.7 Å². The number of carbonyl (C=O) groups is 1. The third kappa shape index (κ3) is 3.13. The maximum Gasteiger partial charge on any atom is 0.235 e. The highest BCUT2D eigenvalue weighted by Gasteiger charge is 2.13. The third-order valence-electron chi connectivity index (χ3n) is 2.02. The van der Waals surface area contributed by atoms with E-state index in [1.54, 1.807) is 0 Å². The number of halogens is 2. The average molecular weight is 324 g/mol. The Hall–Kier alpha value is -0.290. The van der Waals surface area contributed by atoms with Crippen LogP contribution in [0, 0.1) is 10.5 Å². The highest BCUT2D eigenvalue weighted by molar-refractivity contribution is 14.1. The lowest BCUT2D eigenvalue weighted by molar-refractivity contribution is -0.117. The Bertz CT molecular complexity index is 354. The third-order valence-corrected chi connectivity index (χ3v) is 3.06. The van der Waals surface area contributed by atoms with E-state index in [9.17, 15) is 4.79 Å². The molecule has 0 aromatic heterocycles. The quantitative estimate of drug-likeness (QED) is 0.673. The molecule has 0 fully saturated rings. The van der Waals surface area contributed by atoms with Crippen molar-refractivity contribution in [1.29, 1.82) is 0 Å². The van der Waals surface area contributed by atoms with Gasteiger partial charge in [-0.2, -0.15) is 0 Å². The molecule has 2 N–H and O–H groups in total. The fourth-order valence-electron chi connectivity index (χ4n) is 1.15. The highest BCUT2D eigenvalue weighted by atomic mass is 127. The van der Waals surface area contributed by atoms with Crippen molar-refractivity contribution in [3.8, 4) is 0 Å². The van der Waals surface area contributed by atoms with Crippen LogP contribution in [0.3, 0.4) is 0 Å². The van der Waals surface area contributed by atoms with Gasteiger partial charge in [0.05, 0.1) is 0 Å². The number of hydrogen-bond donors (Lipinski definition) is 1. The molecule has 2 nitrogen and oxygen atoms in total. The smallest absolute Gasteiger partial charge is 0.235 e. The van der Waals surface area contributed by atoms with Gasteiger partial charge in [-0.15, -0.1) is 11.6 Å². The maximum atomic E-state index is 10.8. The number of benzene rings is 1. The van der Waals surface area contributed by atoms with Gasteiger partial charge >= 0.3 is 0 Å². The van der Waals surface area contributed by atoms with Crippen LogP contribution in [-0.4, -0.2) is 11.3 Å². The van der Waals surface area contributed by atoms with Crippen molar-refractivity contribution in [1.82, 2.24) is 0 Å². The molecule has 0 radical (unpaired) electrons. The van der Waals surface area contributed by atoms with Crippen LogP contribution in [0.15, 0.2) is 18.2 Å². The predicted molar refractivity (Wildman–Crippen MR) is 66.4 cm³/mol. The van der Waals surface area contributed by atoms with Gasteiger partial charge in [0.15, 0.2) is 0 Å². The Balaban J connectivity index is 2.85. The summed E-state index contributed by atoms with van der Waals surface area (Å²) >= 11 is 8.02. The Morgan fingerprint density at radius 2 is 2.29 bits per heavy atom. The topological polar surface area (TPSA) is 43.1 Å². The zero-order valence-corrected chi connectivity index (χ0v) is 10.7. The van der Waals surface area contributed by atoms with Gasteiger partial charge in [0, 0.05) is 3.57 Å². The predicted octanol–water partition coefficient (Wildman–Crippen LogP) is 2.23. The second-order valence-corrected chi connectivity index (χ2v) is 4.92. The van der Waals surface area contributed by atoms with Gasteiger partial charge in [-0.05, 0) is 59.2 Å². The van der Waals surface area contributed by atoms with Crippen LogP contribution >= 0.6 is 34.2 Å². The average Bonchev–Trinajstić information content (AvgIpc) is 2.11. The van der Waals surface area contributed by atoms with E-state index in [1.165, 1.54) is 0 Å². The van der Waals surface area contributed by atoms with Crippen LogP contribution in [0.25, 0.3) is 0 Å². The summed E-state index contributed by atoms with van der Waals surface area (Å²) in [7, 11) is 0. The number of amides is 1. The molecule has 0 bridgehead atoms. The van der Waals surface area contributed by atoms with Crippen LogP contribution in [0.4, 0.5) is 0 Å². The van der Waals surface area contributed by atoms with E-state index < -0.39 is 11.3 Å². The number of rotatable bonds is 3. The highest BCUT2D eigenvalue weighted by Crippen LogP contribution is 2.16. The molecule has 0 heterocycles. The second kappa shape index (κ2) is 4.98. The minimum absolute atomic E-state index is 0.468. The molecule has 76 valence electrons. The molecular weight excluding hydrogens is 312 g/mol. The number of alkyl halides is 1. The van der Waals surface area contributed by atoms with Crippen LogP contribution in [0.1, 0.15) is 11.1 Å². The first-order valence-electron chi connectivity index (χ1n) is 4.19. The van der Waals surface area contributed by atoms with E-state index >= 15 is 0 Å². The molecule has 1 atom stereocenters. The largest absolute Gasteiger partial charge is 0.368 e. The zero-order valence-electron chi connectivity index (χ0n) is 7.76. The summed E-state index contributed by atoms with van der Waals surface area (Å²) < 4.78 is 1.14.